The van der Waals surface area contributed by atoms with Gasteiger partial charge in [0.1, 0.15) is 11.3 Å². The van der Waals surface area contributed by atoms with Gasteiger partial charge in [0.05, 0.1) is 18.4 Å². The van der Waals surface area contributed by atoms with E-state index in [0.717, 1.165) is 24.2 Å². The van der Waals surface area contributed by atoms with Crippen molar-refractivity contribution in [3.05, 3.63) is 78.0 Å². The molecule has 0 spiro atoms. The van der Waals surface area contributed by atoms with Crippen molar-refractivity contribution < 1.29 is 4.39 Å². The Morgan fingerprint density at radius 1 is 1.04 bits per heavy atom. The lowest BCUT2D eigenvalue weighted by Crippen LogP contribution is -2.11. The van der Waals surface area contributed by atoms with Gasteiger partial charge >= 0.3 is 0 Å². The fourth-order valence-electron chi connectivity index (χ4n) is 3.56. The van der Waals surface area contributed by atoms with Gasteiger partial charge in [-0.25, -0.2) is 19.3 Å². The second-order valence-corrected chi connectivity index (χ2v) is 6.40. The first kappa shape index (κ1) is 15.0. The molecule has 1 aromatic carbocycles. The lowest BCUT2D eigenvalue weighted by atomic mass is 10.1. The lowest BCUT2D eigenvalue weighted by Gasteiger charge is -2.15. The lowest BCUT2D eigenvalue weighted by molar-refractivity contribution is 0.611. The zero-order chi connectivity index (χ0) is 17.5. The first-order valence-electron chi connectivity index (χ1n) is 8.59. The van der Waals surface area contributed by atoms with E-state index in [4.69, 9.17) is 0 Å². The van der Waals surface area contributed by atoms with Gasteiger partial charge in [-0.2, -0.15) is 0 Å². The number of anilines is 1. The van der Waals surface area contributed by atoms with Gasteiger partial charge < -0.3 is 5.32 Å². The maximum absolute atomic E-state index is 14.3. The molecule has 0 bridgehead atoms. The Morgan fingerprint density at radius 3 is 2.88 bits per heavy atom. The van der Waals surface area contributed by atoms with E-state index in [-0.39, 0.29) is 11.9 Å². The molecule has 0 unspecified atom stereocenters. The number of nitrogens with zero attached hydrogens (tertiary/aromatic N) is 4. The van der Waals surface area contributed by atoms with E-state index in [1.165, 1.54) is 17.3 Å². The molecule has 6 heteroatoms. The van der Waals surface area contributed by atoms with Crippen LogP contribution in [0.1, 0.15) is 23.6 Å². The van der Waals surface area contributed by atoms with Crippen LogP contribution >= 0.6 is 0 Å². The monoisotopic (exact) mass is 345 g/mol. The van der Waals surface area contributed by atoms with Crippen LogP contribution in [0.5, 0.6) is 0 Å². The topological polar surface area (TPSA) is 55.1 Å². The minimum Gasteiger partial charge on any atom is -0.361 e. The minimum absolute atomic E-state index is 0.0608. The van der Waals surface area contributed by atoms with E-state index in [9.17, 15) is 4.39 Å². The molecule has 1 aliphatic rings. The van der Waals surface area contributed by atoms with Crippen LogP contribution in [-0.4, -0.2) is 19.4 Å². The summed E-state index contributed by atoms with van der Waals surface area (Å²) in [6.07, 6.45) is 6.73. The average molecular weight is 345 g/mol. The fourth-order valence-corrected chi connectivity index (χ4v) is 3.56. The van der Waals surface area contributed by atoms with Gasteiger partial charge in [-0.1, -0.05) is 30.3 Å². The molecule has 0 fully saturated rings. The standard InChI is InChI=1S/C20H16FN5/c21-15-11-23-20(17-12-22-18-7-3-4-10-26(17)18)25-19(15)24-16-9-8-13-5-1-2-6-14(13)16/h1-7,10-12,16H,8-9H2,(H,23,24,25)/t16-/m0/s1. The van der Waals surface area contributed by atoms with Crippen molar-refractivity contribution in [2.24, 2.45) is 0 Å². The van der Waals surface area contributed by atoms with Crippen molar-refractivity contribution in [2.45, 2.75) is 18.9 Å². The van der Waals surface area contributed by atoms with E-state index in [1.54, 1.807) is 6.20 Å². The number of nitrogens with one attached hydrogen (secondary N) is 1. The van der Waals surface area contributed by atoms with Crippen molar-refractivity contribution in [3.63, 3.8) is 0 Å². The Labute approximate surface area is 149 Å². The van der Waals surface area contributed by atoms with E-state index in [0.29, 0.717) is 5.82 Å². The molecule has 0 aliphatic heterocycles. The van der Waals surface area contributed by atoms with Crippen molar-refractivity contribution >= 4 is 11.5 Å². The highest BCUT2D eigenvalue weighted by atomic mass is 19.1. The van der Waals surface area contributed by atoms with Crippen LogP contribution in [-0.2, 0) is 6.42 Å². The van der Waals surface area contributed by atoms with Gasteiger partial charge in [0, 0.05) is 6.20 Å². The summed E-state index contributed by atoms with van der Waals surface area (Å²) in [6.45, 7) is 0. The summed E-state index contributed by atoms with van der Waals surface area (Å²) >= 11 is 0. The van der Waals surface area contributed by atoms with E-state index >= 15 is 0 Å². The molecule has 0 saturated carbocycles. The van der Waals surface area contributed by atoms with Crippen LogP contribution in [0.15, 0.2) is 61.1 Å². The summed E-state index contributed by atoms with van der Waals surface area (Å²) in [5.74, 6) is 0.216. The number of hydrogen-bond acceptors (Lipinski definition) is 4. The fraction of sp³-hybridized carbons (Fsp3) is 0.150. The third kappa shape index (κ3) is 2.42. The maximum Gasteiger partial charge on any atom is 0.183 e. The van der Waals surface area contributed by atoms with Gasteiger partial charge in [0.2, 0.25) is 0 Å². The van der Waals surface area contributed by atoms with Gasteiger partial charge in [0.15, 0.2) is 17.5 Å². The van der Waals surface area contributed by atoms with Crippen molar-refractivity contribution in [1.82, 2.24) is 19.4 Å². The number of aromatic nitrogens is 4. The second-order valence-electron chi connectivity index (χ2n) is 6.40. The summed E-state index contributed by atoms with van der Waals surface area (Å²) in [5.41, 5.74) is 4.05. The molecule has 0 amide bonds. The molecule has 3 heterocycles. The number of benzene rings is 1. The van der Waals surface area contributed by atoms with Crippen LogP contribution in [0.2, 0.25) is 0 Å². The highest BCUT2D eigenvalue weighted by Gasteiger charge is 2.23. The van der Waals surface area contributed by atoms with Crippen molar-refractivity contribution in [3.8, 4) is 11.5 Å². The first-order chi connectivity index (χ1) is 12.8. The summed E-state index contributed by atoms with van der Waals surface area (Å²) in [7, 11) is 0. The Kier molecular flexibility index (Phi) is 3.41. The summed E-state index contributed by atoms with van der Waals surface area (Å²) in [6, 6.07) is 14.1. The average Bonchev–Trinajstić information content (AvgIpc) is 3.28. The normalized spacial score (nSPS) is 16.0. The number of hydrogen-bond donors (Lipinski definition) is 1. The highest BCUT2D eigenvalue weighted by molar-refractivity contribution is 5.58. The zero-order valence-electron chi connectivity index (χ0n) is 13.9. The third-order valence-electron chi connectivity index (χ3n) is 4.83. The molecule has 5 nitrogen and oxygen atoms in total. The molecule has 1 aliphatic carbocycles. The van der Waals surface area contributed by atoms with E-state index < -0.39 is 5.82 Å². The Morgan fingerprint density at radius 2 is 1.92 bits per heavy atom. The smallest absolute Gasteiger partial charge is 0.183 e. The molecule has 0 saturated heterocycles. The van der Waals surface area contributed by atoms with E-state index in [2.05, 4.69) is 32.4 Å². The maximum atomic E-state index is 14.3. The number of fused-ring (bicyclic) bond motifs is 2. The van der Waals surface area contributed by atoms with E-state index in [1.807, 2.05) is 40.9 Å². The molecule has 128 valence electrons. The van der Waals surface area contributed by atoms with Crippen LogP contribution < -0.4 is 5.32 Å². The van der Waals surface area contributed by atoms with Gasteiger partial charge in [-0.05, 0) is 36.1 Å². The molecule has 26 heavy (non-hydrogen) atoms. The molecule has 5 rings (SSSR count). The minimum atomic E-state index is -0.452. The first-order valence-corrected chi connectivity index (χ1v) is 8.59. The van der Waals surface area contributed by atoms with Crippen LogP contribution in [0, 0.1) is 5.82 Å². The number of rotatable bonds is 3. The number of pyridine rings is 1. The largest absolute Gasteiger partial charge is 0.361 e. The van der Waals surface area contributed by atoms with Crippen LogP contribution in [0.4, 0.5) is 10.2 Å². The van der Waals surface area contributed by atoms with Crippen LogP contribution in [0.3, 0.4) is 0 Å². The Hall–Kier alpha value is -3.28. The molecular formula is C20H16FN5. The second kappa shape index (κ2) is 5.91. The van der Waals surface area contributed by atoms with Crippen molar-refractivity contribution in [2.75, 3.05) is 5.32 Å². The molecule has 4 aromatic rings. The summed E-state index contributed by atoms with van der Waals surface area (Å²) in [4.78, 5) is 13.0. The SMILES string of the molecule is Fc1cnc(-c2cnc3ccccn23)nc1N[C@H]1CCc2ccccc21. The highest BCUT2D eigenvalue weighted by Crippen LogP contribution is 2.34. The molecule has 0 radical (unpaired) electrons. The summed E-state index contributed by atoms with van der Waals surface area (Å²) in [5, 5.41) is 3.26. The zero-order valence-corrected chi connectivity index (χ0v) is 13.9. The molecule has 3 aromatic heterocycles. The number of imidazole rings is 1. The predicted molar refractivity (Wildman–Crippen MR) is 97.3 cm³/mol. The quantitative estimate of drug-likeness (QED) is 0.609. The van der Waals surface area contributed by atoms with Crippen LogP contribution in [0.25, 0.3) is 17.2 Å². The predicted octanol–water partition coefficient (Wildman–Crippen LogP) is 4.03. The van der Waals surface area contributed by atoms with Gasteiger partial charge in [0.25, 0.3) is 0 Å². The summed E-state index contributed by atoms with van der Waals surface area (Å²) < 4.78 is 16.2. The van der Waals surface area contributed by atoms with Gasteiger partial charge in [-0.3, -0.25) is 4.40 Å². The number of aryl methyl sites for hydroxylation is 1. The molecular weight excluding hydrogens is 329 g/mol. The number of halogens is 1. The Balaban J connectivity index is 1.52. The van der Waals surface area contributed by atoms with Gasteiger partial charge in [-0.15, -0.1) is 0 Å². The molecule has 1 atom stereocenters. The van der Waals surface area contributed by atoms with Crippen molar-refractivity contribution in [1.29, 1.82) is 0 Å². The molecule has 1 N–H and O–H groups in total. The third-order valence-corrected chi connectivity index (χ3v) is 4.83. The Bertz CT molecular complexity index is 1100.